The average molecular weight is 491 g/mol. The summed E-state index contributed by atoms with van der Waals surface area (Å²) in [5.41, 5.74) is -2.06. The standard InChI is InChI=1S/C20H13BrF6N2O/c1-2-30-16-9-11(6-7-14(16)19(22,23)24)15-10-17(20(25,26)27)29-18(28-15)12-4-3-5-13(21)8-12/h3-10H,2H2,1H3. The van der Waals surface area contributed by atoms with Crippen LogP contribution in [0, 0.1) is 0 Å². The Labute approximate surface area is 175 Å². The van der Waals surface area contributed by atoms with Crippen LogP contribution in [-0.2, 0) is 12.4 Å². The van der Waals surface area contributed by atoms with E-state index in [1.54, 1.807) is 12.1 Å². The molecule has 30 heavy (non-hydrogen) atoms. The van der Waals surface area contributed by atoms with Crippen LogP contribution in [0.15, 0.2) is 53.0 Å². The number of hydrogen-bond acceptors (Lipinski definition) is 3. The number of ether oxygens (including phenoxy) is 1. The molecule has 158 valence electrons. The molecule has 0 atom stereocenters. The SMILES string of the molecule is CCOc1cc(-c2cc(C(F)(F)F)nc(-c3cccc(Br)c3)n2)ccc1C(F)(F)F. The van der Waals surface area contributed by atoms with E-state index in [-0.39, 0.29) is 23.7 Å². The number of rotatable bonds is 4. The molecule has 0 aliphatic heterocycles. The minimum absolute atomic E-state index is 0.0376. The van der Waals surface area contributed by atoms with Crippen LogP contribution in [0.2, 0.25) is 0 Å². The molecule has 3 rings (SSSR count). The van der Waals surface area contributed by atoms with Gasteiger partial charge in [-0.1, -0.05) is 34.1 Å². The van der Waals surface area contributed by atoms with Gasteiger partial charge in [-0.15, -0.1) is 0 Å². The van der Waals surface area contributed by atoms with Gasteiger partial charge >= 0.3 is 12.4 Å². The van der Waals surface area contributed by atoms with Crippen molar-refractivity contribution in [3.05, 3.63) is 64.3 Å². The number of benzene rings is 2. The van der Waals surface area contributed by atoms with Crippen molar-refractivity contribution in [2.75, 3.05) is 6.61 Å². The predicted octanol–water partition coefficient (Wildman–Crippen LogP) is 7.01. The zero-order chi connectivity index (χ0) is 22.1. The van der Waals surface area contributed by atoms with E-state index in [2.05, 4.69) is 25.9 Å². The third-order valence-corrected chi connectivity index (χ3v) is 4.48. The molecule has 0 bridgehead atoms. The maximum absolute atomic E-state index is 13.4. The van der Waals surface area contributed by atoms with Crippen LogP contribution < -0.4 is 4.74 Å². The van der Waals surface area contributed by atoms with E-state index in [4.69, 9.17) is 4.74 Å². The van der Waals surface area contributed by atoms with Gasteiger partial charge in [0, 0.05) is 15.6 Å². The van der Waals surface area contributed by atoms with E-state index in [1.165, 1.54) is 19.1 Å². The number of hydrogen-bond donors (Lipinski definition) is 0. The van der Waals surface area contributed by atoms with Crippen molar-refractivity contribution in [2.24, 2.45) is 0 Å². The fourth-order valence-electron chi connectivity index (χ4n) is 2.69. The zero-order valence-corrected chi connectivity index (χ0v) is 16.9. The summed E-state index contributed by atoms with van der Waals surface area (Å²) in [4.78, 5) is 7.74. The van der Waals surface area contributed by atoms with Crippen molar-refractivity contribution < 1.29 is 31.1 Å². The lowest BCUT2D eigenvalue weighted by atomic mass is 10.1. The van der Waals surface area contributed by atoms with Crippen LogP contribution in [-0.4, -0.2) is 16.6 Å². The second-order valence-electron chi connectivity index (χ2n) is 6.11. The summed E-state index contributed by atoms with van der Waals surface area (Å²) < 4.78 is 85.5. The Hall–Kier alpha value is -2.62. The molecule has 3 aromatic rings. The van der Waals surface area contributed by atoms with Crippen LogP contribution >= 0.6 is 15.9 Å². The largest absolute Gasteiger partial charge is 0.493 e. The summed E-state index contributed by atoms with van der Waals surface area (Å²) in [5.74, 6) is -0.697. The highest BCUT2D eigenvalue weighted by molar-refractivity contribution is 9.10. The maximum atomic E-state index is 13.4. The Morgan fingerprint density at radius 2 is 1.60 bits per heavy atom. The van der Waals surface area contributed by atoms with E-state index in [1.807, 2.05) is 0 Å². The van der Waals surface area contributed by atoms with Crippen molar-refractivity contribution in [1.29, 1.82) is 0 Å². The van der Waals surface area contributed by atoms with E-state index in [0.29, 0.717) is 16.1 Å². The molecule has 0 saturated heterocycles. The molecule has 0 fully saturated rings. The highest BCUT2D eigenvalue weighted by atomic mass is 79.9. The van der Waals surface area contributed by atoms with Crippen LogP contribution in [0.1, 0.15) is 18.2 Å². The number of aromatic nitrogens is 2. The van der Waals surface area contributed by atoms with Gasteiger partial charge in [0.2, 0.25) is 0 Å². The van der Waals surface area contributed by atoms with Crippen molar-refractivity contribution in [1.82, 2.24) is 9.97 Å². The molecule has 1 heterocycles. The second kappa shape index (κ2) is 8.25. The normalized spacial score (nSPS) is 12.1. The molecular formula is C20H13BrF6N2O. The quantitative estimate of drug-likeness (QED) is 0.369. The molecule has 0 radical (unpaired) electrons. The summed E-state index contributed by atoms with van der Waals surface area (Å²) >= 11 is 3.23. The molecule has 10 heteroatoms. The lowest BCUT2D eigenvalue weighted by Crippen LogP contribution is -2.11. The molecule has 2 aromatic carbocycles. The van der Waals surface area contributed by atoms with E-state index >= 15 is 0 Å². The van der Waals surface area contributed by atoms with E-state index in [9.17, 15) is 26.3 Å². The van der Waals surface area contributed by atoms with Gasteiger partial charge in [0.05, 0.1) is 17.9 Å². The molecule has 0 aliphatic rings. The highest BCUT2D eigenvalue weighted by Gasteiger charge is 2.36. The van der Waals surface area contributed by atoms with Crippen molar-refractivity contribution in [3.8, 4) is 28.4 Å². The van der Waals surface area contributed by atoms with Gasteiger partial charge < -0.3 is 4.74 Å². The Morgan fingerprint density at radius 1 is 0.867 bits per heavy atom. The van der Waals surface area contributed by atoms with Gasteiger partial charge in [-0.25, -0.2) is 9.97 Å². The average Bonchev–Trinajstić information content (AvgIpc) is 2.66. The fraction of sp³-hybridized carbons (Fsp3) is 0.200. The molecule has 0 saturated carbocycles. The molecular weight excluding hydrogens is 478 g/mol. The minimum atomic E-state index is -4.77. The van der Waals surface area contributed by atoms with Gasteiger partial charge in [0.25, 0.3) is 0 Å². The van der Waals surface area contributed by atoms with Crippen LogP contribution in [0.5, 0.6) is 5.75 Å². The predicted molar refractivity (Wildman–Crippen MR) is 102 cm³/mol. The Morgan fingerprint density at radius 3 is 2.20 bits per heavy atom. The summed E-state index contributed by atoms with van der Waals surface area (Å²) in [6, 6.07) is 9.89. The van der Waals surface area contributed by atoms with Crippen molar-refractivity contribution in [3.63, 3.8) is 0 Å². The van der Waals surface area contributed by atoms with Crippen LogP contribution in [0.25, 0.3) is 22.6 Å². The van der Waals surface area contributed by atoms with Crippen LogP contribution in [0.3, 0.4) is 0 Å². The van der Waals surface area contributed by atoms with Gasteiger partial charge in [-0.05, 0) is 37.3 Å². The molecule has 3 nitrogen and oxygen atoms in total. The smallest absolute Gasteiger partial charge is 0.433 e. The zero-order valence-electron chi connectivity index (χ0n) is 15.3. The maximum Gasteiger partial charge on any atom is 0.433 e. The first-order valence-electron chi connectivity index (χ1n) is 8.55. The number of alkyl halides is 6. The third kappa shape index (κ3) is 4.92. The first kappa shape index (κ1) is 22.1. The molecule has 0 amide bonds. The summed E-state index contributed by atoms with van der Waals surface area (Å²) in [5, 5.41) is 0. The van der Waals surface area contributed by atoms with Gasteiger partial charge in [-0.3, -0.25) is 0 Å². The van der Waals surface area contributed by atoms with E-state index < -0.39 is 29.4 Å². The van der Waals surface area contributed by atoms with Crippen molar-refractivity contribution >= 4 is 15.9 Å². The number of nitrogens with zero attached hydrogens (tertiary/aromatic N) is 2. The lowest BCUT2D eigenvalue weighted by Gasteiger charge is -2.15. The molecule has 0 unspecified atom stereocenters. The first-order valence-corrected chi connectivity index (χ1v) is 9.35. The van der Waals surface area contributed by atoms with Crippen LogP contribution in [0.4, 0.5) is 26.3 Å². The Bertz CT molecular complexity index is 1070. The molecule has 1 aromatic heterocycles. The Kier molecular flexibility index (Phi) is 6.07. The third-order valence-electron chi connectivity index (χ3n) is 3.98. The van der Waals surface area contributed by atoms with Gasteiger partial charge in [-0.2, -0.15) is 26.3 Å². The molecule has 0 N–H and O–H groups in total. The number of halogens is 7. The first-order chi connectivity index (χ1) is 14.0. The van der Waals surface area contributed by atoms with Gasteiger partial charge in [0.15, 0.2) is 5.82 Å². The summed E-state index contributed by atoms with van der Waals surface area (Å²) in [6.45, 7) is 1.46. The topological polar surface area (TPSA) is 35.0 Å². The molecule has 0 aliphatic carbocycles. The van der Waals surface area contributed by atoms with E-state index in [0.717, 1.165) is 18.2 Å². The highest BCUT2D eigenvalue weighted by Crippen LogP contribution is 2.39. The fourth-order valence-corrected chi connectivity index (χ4v) is 3.09. The second-order valence-corrected chi connectivity index (χ2v) is 7.03. The Balaban J connectivity index is 2.20. The summed E-state index contributed by atoms with van der Waals surface area (Å²) in [6.07, 6.45) is -9.44. The minimum Gasteiger partial charge on any atom is -0.493 e. The van der Waals surface area contributed by atoms with Gasteiger partial charge in [0.1, 0.15) is 11.4 Å². The molecule has 0 spiro atoms. The van der Waals surface area contributed by atoms with Crippen molar-refractivity contribution in [2.45, 2.75) is 19.3 Å². The monoisotopic (exact) mass is 490 g/mol. The lowest BCUT2D eigenvalue weighted by molar-refractivity contribution is -0.141. The summed E-state index contributed by atoms with van der Waals surface area (Å²) in [7, 11) is 0.